The minimum Gasteiger partial charge on any atom is -0.444 e. The molecule has 0 aliphatic carbocycles. The van der Waals surface area contributed by atoms with E-state index >= 15 is 0 Å². The number of halogens is 2. The Labute approximate surface area is 205 Å². The van der Waals surface area contributed by atoms with E-state index in [4.69, 9.17) is 16.3 Å². The smallest absolute Gasteiger partial charge is 0.408 e. The van der Waals surface area contributed by atoms with E-state index in [-0.39, 0.29) is 24.3 Å². The SMILES string of the molecule is CC(C)(C)NC(=O)c1ccc(Cl)cc1CC(=O)C(Cc1ccccc1F)NC(=O)OC(C)(C)C. The van der Waals surface area contributed by atoms with Crippen LogP contribution >= 0.6 is 11.6 Å². The number of benzene rings is 2. The maximum absolute atomic E-state index is 14.3. The minimum atomic E-state index is -1.08. The Morgan fingerprint density at radius 3 is 2.24 bits per heavy atom. The third-order valence-corrected chi connectivity index (χ3v) is 4.86. The predicted octanol–water partition coefficient (Wildman–Crippen LogP) is 5.26. The van der Waals surface area contributed by atoms with Gasteiger partial charge in [0.05, 0.1) is 6.04 Å². The fourth-order valence-corrected chi connectivity index (χ4v) is 3.42. The van der Waals surface area contributed by atoms with Gasteiger partial charge in [0.25, 0.3) is 5.91 Å². The number of alkyl carbamates (subject to hydrolysis) is 1. The zero-order chi connectivity index (χ0) is 25.7. The summed E-state index contributed by atoms with van der Waals surface area (Å²) in [7, 11) is 0. The number of ketones is 1. The molecule has 34 heavy (non-hydrogen) atoms. The highest BCUT2D eigenvalue weighted by molar-refractivity contribution is 6.30. The average Bonchev–Trinajstić information content (AvgIpc) is 2.66. The molecule has 2 rings (SSSR count). The van der Waals surface area contributed by atoms with Crippen molar-refractivity contribution >= 4 is 29.4 Å². The van der Waals surface area contributed by atoms with Crippen molar-refractivity contribution in [2.24, 2.45) is 0 Å². The van der Waals surface area contributed by atoms with Crippen LogP contribution in [0.5, 0.6) is 0 Å². The van der Waals surface area contributed by atoms with Crippen LogP contribution in [-0.2, 0) is 22.4 Å². The summed E-state index contributed by atoms with van der Waals surface area (Å²) in [6.07, 6.45) is -1.06. The number of carbonyl (C=O) groups is 3. The van der Waals surface area contributed by atoms with E-state index < -0.39 is 34.9 Å². The van der Waals surface area contributed by atoms with E-state index in [9.17, 15) is 18.8 Å². The van der Waals surface area contributed by atoms with Crippen LogP contribution < -0.4 is 10.6 Å². The summed E-state index contributed by atoms with van der Waals surface area (Å²) in [5.74, 6) is -1.25. The maximum atomic E-state index is 14.3. The molecule has 0 saturated heterocycles. The van der Waals surface area contributed by atoms with Gasteiger partial charge in [-0.2, -0.15) is 0 Å². The van der Waals surface area contributed by atoms with Crippen LogP contribution in [0, 0.1) is 5.82 Å². The van der Waals surface area contributed by atoms with Crippen LogP contribution in [0.3, 0.4) is 0 Å². The first-order valence-electron chi connectivity index (χ1n) is 11.0. The summed E-state index contributed by atoms with van der Waals surface area (Å²) in [6.45, 7) is 10.6. The fraction of sp³-hybridized carbons (Fsp3) is 0.423. The molecule has 0 aliphatic rings. The molecule has 1 unspecified atom stereocenters. The Balaban J connectivity index is 2.34. The Bertz CT molecular complexity index is 1060. The molecule has 2 aromatic rings. The van der Waals surface area contributed by atoms with Crippen LogP contribution in [0.25, 0.3) is 0 Å². The molecule has 2 N–H and O–H groups in total. The molecule has 0 aromatic heterocycles. The Morgan fingerprint density at radius 2 is 1.65 bits per heavy atom. The first kappa shape index (κ1) is 27.3. The quantitative estimate of drug-likeness (QED) is 0.554. The second kappa shape index (κ2) is 11.0. The van der Waals surface area contributed by atoms with Crippen molar-refractivity contribution in [3.8, 4) is 0 Å². The van der Waals surface area contributed by atoms with E-state index in [0.717, 1.165) is 0 Å². The zero-order valence-corrected chi connectivity index (χ0v) is 21.2. The van der Waals surface area contributed by atoms with Gasteiger partial charge < -0.3 is 15.4 Å². The lowest BCUT2D eigenvalue weighted by atomic mass is 9.94. The first-order valence-corrected chi connectivity index (χ1v) is 11.4. The lowest BCUT2D eigenvalue weighted by Gasteiger charge is -2.24. The van der Waals surface area contributed by atoms with Gasteiger partial charge in [0, 0.05) is 29.0 Å². The Morgan fingerprint density at radius 1 is 1.00 bits per heavy atom. The van der Waals surface area contributed by atoms with Crippen molar-refractivity contribution in [2.45, 2.75) is 71.6 Å². The maximum Gasteiger partial charge on any atom is 0.408 e. The molecular formula is C26H32ClFN2O4. The Kier molecular flexibility index (Phi) is 8.83. The van der Waals surface area contributed by atoms with Gasteiger partial charge in [0.2, 0.25) is 0 Å². The number of carbonyl (C=O) groups excluding carboxylic acids is 3. The van der Waals surface area contributed by atoms with Crippen molar-refractivity contribution in [3.63, 3.8) is 0 Å². The van der Waals surface area contributed by atoms with Crippen LogP contribution in [0.1, 0.15) is 63.0 Å². The van der Waals surface area contributed by atoms with E-state index in [1.165, 1.54) is 6.07 Å². The normalized spacial score (nSPS) is 12.6. The topological polar surface area (TPSA) is 84.5 Å². The molecular weight excluding hydrogens is 459 g/mol. The molecule has 1 atom stereocenters. The van der Waals surface area contributed by atoms with Crippen molar-refractivity contribution in [2.75, 3.05) is 0 Å². The van der Waals surface area contributed by atoms with Gasteiger partial charge >= 0.3 is 6.09 Å². The monoisotopic (exact) mass is 490 g/mol. The van der Waals surface area contributed by atoms with Crippen molar-refractivity contribution in [1.29, 1.82) is 0 Å². The molecule has 0 fully saturated rings. The minimum absolute atomic E-state index is 0.0746. The standard InChI is InChI=1S/C26H32ClFN2O4/c1-25(2,3)30-23(32)19-12-11-18(27)13-17(19)15-22(31)21(29-24(33)34-26(4,5)6)14-16-9-7-8-10-20(16)28/h7-13,21H,14-15H2,1-6H3,(H,29,33)(H,30,32). The van der Waals surface area contributed by atoms with Crippen LogP contribution in [0.4, 0.5) is 9.18 Å². The van der Waals surface area contributed by atoms with Gasteiger partial charge in [-0.3, -0.25) is 9.59 Å². The second-order valence-electron chi connectivity index (χ2n) is 10.1. The van der Waals surface area contributed by atoms with Gasteiger partial charge in [-0.1, -0.05) is 29.8 Å². The van der Waals surface area contributed by atoms with Gasteiger partial charge in [-0.15, -0.1) is 0 Å². The highest BCUT2D eigenvalue weighted by Gasteiger charge is 2.27. The fourth-order valence-electron chi connectivity index (χ4n) is 3.23. The molecule has 2 aromatic carbocycles. The van der Waals surface area contributed by atoms with E-state index in [1.54, 1.807) is 57.2 Å². The van der Waals surface area contributed by atoms with Crippen LogP contribution in [-0.4, -0.2) is 35.0 Å². The number of Topliss-reactive ketones (excluding diaryl/α,β-unsaturated/α-hetero) is 1. The summed E-state index contributed by atoms with van der Waals surface area (Å²) >= 11 is 6.14. The lowest BCUT2D eigenvalue weighted by Crippen LogP contribution is -2.45. The zero-order valence-electron chi connectivity index (χ0n) is 20.4. The van der Waals surface area contributed by atoms with Crippen molar-refractivity contribution in [1.82, 2.24) is 10.6 Å². The lowest BCUT2D eigenvalue weighted by molar-refractivity contribution is -0.120. The largest absolute Gasteiger partial charge is 0.444 e. The number of hydrogen-bond donors (Lipinski definition) is 2. The summed E-state index contributed by atoms with van der Waals surface area (Å²) in [4.78, 5) is 38.6. The van der Waals surface area contributed by atoms with E-state index in [1.807, 2.05) is 20.8 Å². The Hall–Kier alpha value is -2.93. The highest BCUT2D eigenvalue weighted by atomic mass is 35.5. The highest BCUT2D eigenvalue weighted by Crippen LogP contribution is 2.20. The molecule has 0 radical (unpaired) electrons. The first-order chi connectivity index (χ1) is 15.6. The van der Waals surface area contributed by atoms with Crippen molar-refractivity contribution < 1.29 is 23.5 Å². The number of ether oxygens (including phenoxy) is 1. The average molecular weight is 491 g/mol. The number of rotatable bonds is 7. The summed E-state index contributed by atoms with van der Waals surface area (Å²) in [6, 6.07) is 9.63. The van der Waals surface area contributed by atoms with Gasteiger partial charge in [0.1, 0.15) is 11.4 Å². The van der Waals surface area contributed by atoms with Gasteiger partial charge in [-0.25, -0.2) is 9.18 Å². The van der Waals surface area contributed by atoms with Crippen LogP contribution in [0.2, 0.25) is 5.02 Å². The number of amides is 2. The van der Waals surface area contributed by atoms with E-state index in [2.05, 4.69) is 10.6 Å². The predicted molar refractivity (Wildman–Crippen MR) is 131 cm³/mol. The number of hydrogen-bond acceptors (Lipinski definition) is 4. The molecule has 0 spiro atoms. The molecule has 0 heterocycles. The third-order valence-electron chi connectivity index (χ3n) is 4.63. The van der Waals surface area contributed by atoms with Crippen molar-refractivity contribution in [3.05, 3.63) is 70.0 Å². The molecule has 0 saturated carbocycles. The molecule has 2 amide bonds. The number of nitrogens with one attached hydrogen (secondary N) is 2. The second-order valence-corrected chi connectivity index (χ2v) is 10.6. The molecule has 0 bridgehead atoms. The summed E-state index contributed by atoms with van der Waals surface area (Å²) < 4.78 is 19.6. The third kappa shape index (κ3) is 8.78. The van der Waals surface area contributed by atoms with Crippen LogP contribution in [0.15, 0.2) is 42.5 Å². The molecule has 184 valence electrons. The molecule has 6 nitrogen and oxygen atoms in total. The van der Waals surface area contributed by atoms with Gasteiger partial charge in [-0.05, 0) is 76.9 Å². The summed E-state index contributed by atoms with van der Waals surface area (Å²) in [5, 5.41) is 5.79. The molecule has 0 aliphatic heterocycles. The molecule has 8 heteroatoms. The van der Waals surface area contributed by atoms with E-state index in [0.29, 0.717) is 16.1 Å². The van der Waals surface area contributed by atoms with Gasteiger partial charge in [0.15, 0.2) is 5.78 Å². The summed E-state index contributed by atoms with van der Waals surface area (Å²) in [5.41, 5.74) is -0.281.